The van der Waals surface area contributed by atoms with E-state index >= 15 is 0 Å². The number of nitrogens with zero attached hydrogens (tertiary/aromatic N) is 2. The zero-order valence-electron chi connectivity index (χ0n) is 19.9. The Labute approximate surface area is 212 Å². The molecule has 2 aromatic rings. The molecule has 4 rings (SSSR count). The van der Waals surface area contributed by atoms with Gasteiger partial charge in [0, 0.05) is 30.7 Å². The van der Waals surface area contributed by atoms with Gasteiger partial charge in [0.2, 0.25) is 0 Å². The van der Waals surface area contributed by atoms with Gasteiger partial charge in [0.1, 0.15) is 5.69 Å². The normalized spacial score (nSPS) is 18.8. The van der Waals surface area contributed by atoms with Crippen molar-refractivity contribution in [3.63, 3.8) is 0 Å². The largest absolute Gasteiger partial charge is 0.481 e. The first-order chi connectivity index (χ1) is 17.7. The highest BCUT2D eigenvalue weighted by Gasteiger charge is 2.32. The Kier molecular flexibility index (Phi) is 8.01. The molecule has 0 radical (unpaired) electrons. The molecule has 6 nitrogen and oxygen atoms in total. The molecule has 1 aromatic carbocycles. The fourth-order valence-corrected chi connectivity index (χ4v) is 4.29. The lowest BCUT2D eigenvalue weighted by molar-refractivity contribution is -0.141. The number of fused-ring (bicyclic) bond motifs is 1. The number of pyridine rings is 1. The van der Waals surface area contributed by atoms with Crippen molar-refractivity contribution in [3.8, 4) is 0 Å². The molecule has 0 fully saturated rings. The highest BCUT2D eigenvalue weighted by Crippen LogP contribution is 2.31. The maximum atomic E-state index is 12.8. The van der Waals surface area contributed by atoms with E-state index in [-0.39, 0.29) is 30.8 Å². The Hall–Kier alpha value is -4.01. The molecule has 1 amide bonds. The predicted octanol–water partition coefficient (Wildman–Crippen LogP) is 5.27. The number of hydrogen-bond acceptors (Lipinski definition) is 4. The number of alkyl halides is 3. The molecule has 0 bridgehead atoms. The number of carboxylic acid groups (broad SMARTS) is 1. The van der Waals surface area contributed by atoms with Crippen molar-refractivity contribution in [3.05, 3.63) is 101 Å². The smallest absolute Gasteiger partial charge is 0.433 e. The number of carbonyl (C=O) groups is 2. The van der Waals surface area contributed by atoms with E-state index in [1.54, 1.807) is 6.08 Å². The third-order valence-electron chi connectivity index (χ3n) is 6.18. The van der Waals surface area contributed by atoms with E-state index in [1.807, 2.05) is 42.5 Å². The lowest BCUT2D eigenvalue weighted by atomic mass is 9.83. The van der Waals surface area contributed by atoms with Crippen LogP contribution >= 0.6 is 0 Å². The Morgan fingerprint density at radius 2 is 1.81 bits per heavy atom. The number of allylic oxidation sites excluding steroid dienone is 1. The van der Waals surface area contributed by atoms with Crippen molar-refractivity contribution in [1.29, 1.82) is 0 Å². The third kappa shape index (κ3) is 6.81. The summed E-state index contributed by atoms with van der Waals surface area (Å²) in [6, 6.07) is 11.8. The molecule has 2 atom stereocenters. The molecule has 1 aliphatic heterocycles. The second kappa shape index (κ2) is 11.4. The van der Waals surface area contributed by atoms with E-state index in [0.29, 0.717) is 30.4 Å². The minimum Gasteiger partial charge on any atom is -0.481 e. The van der Waals surface area contributed by atoms with Crippen molar-refractivity contribution in [2.24, 2.45) is 10.9 Å². The van der Waals surface area contributed by atoms with Gasteiger partial charge in [-0.15, -0.1) is 0 Å². The van der Waals surface area contributed by atoms with Crippen molar-refractivity contribution in [2.45, 2.75) is 44.4 Å². The lowest BCUT2D eigenvalue weighted by Gasteiger charge is -2.28. The molecule has 37 heavy (non-hydrogen) atoms. The van der Waals surface area contributed by atoms with Crippen LogP contribution in [0.1, 0.15) is 42.5 Å². The summed E-state index contributed by atoms with van der Waals surface area (Å²) < 4.78 is 38.1. The second-order valence-corrected chi connectivity index (χ2v) is 8.92. The summed E-state index contributed by atoms with van der Waals surface area (Å²) in [7, 11) is 0. The van der Waals surface area contributed by atoms with Gasteiger partial charge in [-0.1, -0.05) is 60.7 Å². The number of aliphatic carboxylic acids is 1. The van der Waals surface area contributed by atoms with Crippen molar-refractivity contribution in [1.82, 2.24) is 10.3 Å². The van der Waals surface area contributed by atoms with Crippen LogP contribution in [0.2, 0.25) is 0 Å². The van der Waals surface area contributed by atoms with Crippen LogP contribution in [0.5, 0.6) is 0 Å². The molecule has 2 aliphatic rings. The van der Waals surface area contributed by atoms with Crippen molar-refractivity contribution < 1.29 is 27.9 Å². The number of benzene rings is 1. The van der Waals surface area contributed by atoms with Crippen LogP contribution in [0.4, 0.5) is 13.2 Å². The first-order valence-corrected chi connectivity index (χ1v) is 12.0. The molecule has 0 saturated carbocycles. The number of amides is 1. The number of dihydropyridines is 1. The quantitative estimate of drug-likeness (QED) is 0.451. The summed E-state index contributed by atoms with van der Waals surface area (Å²) >= 11 is 0. The second-order valence-electron chi connectivity index (χ2n) is 8.92. The van der Waals surface area contributed by atoms with Crippen LogP contribution in [0.3, 0.4) is 0 Å². The zero-order chi connectivity index (χ0) is 26.4. The Morgan fingerprint density at radius 1 is 1.03 bits per heavy atom. The topological polar surface area (TPSA) is 91.6 Å². The number of aromatic nitrogens is 1. The van der Waals surface area contributed by atoms with E-state index in [9.17, 15) is 22.8 Å². The summed E-state index contributed by atoms with van der Waals surface area (Å²) in [5.74, 6) is -1.30. The number of nitrogens with one attached hydrogen (secondary N) is 1. The summed E-state index contributed by atoms with van der Waals surface area (Å²) in [5, 5.41) is 11.7. The van der Waals surface area contributed by atoms with E-state index in [2.05, 4.69) is 16.4 Å². The molecule has 1 aliphatic carbocycles. The van der Waals surface area contributed by atoms with Gasteiger partial charge in [0.15, 0.2) is 0 Å². The van der Waals surface area contributed by atoms with Crippen LogP contribution in [0.25, 0.3) is 0 Å². The number of carboxylic acids is 1. The first-order valence-electron chi connectivity index (χ1n) is 12.0. The Morgan fingerprint density at radius 3 is 2.49 bits per heavy atom. The van der Waals surface area contributed by atoms with Crippen molar-refractivity contribution in [2.75, 3.05) is 0 Å². The number of carbonyl (C=O) groups excluding carboxylic acids is 1. The van der Waals surface area contributed by atoms with E-state index < -0.39 is 17.8 Å². The average molecular weight is 510 g/mol. The van der Waals surface area contributed by atoms with Crippen LogP contribution in [0, 0.1) is 5.92 Å². The maximum absolute atomic E-state index is 12.8. The standard InChI is InChI=1S/C28H26F3N3O3/c29-28(30,31)24-13-10-18(16-32-24)17-33-27(37)21-11-12-23-22(15-21)14-20(8-4-5-9-25(35)36)26(34-23)19-6-2-1-3-7-19/h1-3,6-7,10-16,22-23H,4-5,8-9,17H2,(H,33,37)(H,35,36). The van der Waals surface area contributed by atoms with E-state index in [0.717, 1.165) is 29.1 Å². The SMILES string of the molecule is O=C(O)CCCCC1=CC2C=C(C(=O)NCc3ccc(C(F)(F)F)nc3)C=CC2N=C1c1ccccc1. The van der Waals surface area contributed by atoms with E-state index in [4.69, 9.17) is 10.1 Å². The summed E-state index contributed by atoms with van der Waals surface area (Å²) in [6.07, 6.45) is 6.15. The van der Waals surface area contributed by atoms with Crippen molar-refractivity contribution >= 4 is 17.6 Å². The van der Waals surface area contributed by atoms with Crippen LogP contribution in [-0.2, 0) is 22.3 Å². The number of halogens is 3. The van der Waals surface area contributed by atoms with Gasteiger partial charge in [-0.2, -0.15) is 13.2 Å². The first kappa shape index (κ1) is 26.1. The fraction of sp³-hybridized carbons (Fsp3) is 0.286. The number of aliphatic imine (C=N–C) groups is 1. The monoisotopic (exact) mass is 509 g/mol. The molecule has 2 N–H and O–H groups in total. The van der Waals surface area contributed by atoms with Crippen LogP contribution < -0.4 is 5.32 Å². The zero-order valence-corrected chi connectivity index (χ0v) is 19.9. The Bertz CT molecular complexity index is 1260. The van der Waals surface area contributed by atoms with Gasteiger partial charge in [0.25, 0.3) is 5.91 Å². The van der Waals surface area contributed by atoms with Gasteiger partial charge in [0.05, 0.1) is 11.8 Å². The lowest BCUT2D eigenvalue weighted by Crippen LogP contribution is -2.29. The number of unbranched alkanes of at least 4 members (excludes halogenated alkanes) is 1. The Balaban J connectivity index is 1.45. The highest BCUT2D eigenvalue weighted by molar-refractivity contribution is 6.13. The van der Waals surface area contributed by atoms with Crippen LogP contribution in [-0.4, -0.2) is 33.7 Å². The molecule has 9 heteroatoms. The molecule has 2 heterocycles. The molecule has 2 unspecified atom stereocenters. The molecular weight excluding hydrogens is 483 g/mol. The molecule has 0 saturated heterocycles. The molecule has 0 spiro atoms. The van der Waals surface area contributed by atoms with Crippen LogP contribution in [0.15, 0.2) is 89.1 Å². The van der Waals surface area contributed by atoms with Gasteiger partial charge in [-0.05, 0) is 42.0 Å². The average Bonchev–Trinajstić information content (AvgIpc) is 2.89. The third-order valence-corrected chi connectivity index (χ3v) is 6.18. The number of hydrogen-bond donors (Lipinski definition) is 2. The summed E-state index contributed by atoms with van der Waals surface area (Å²) in [6.45, 7) is 0.0459. The van der Waals surface area contributed by atoms with Gasteiger partial charge < -0.3 is 10.4 Å². The molecule has 192 valence electrons. The van der Waals surface area contributed by atoms with Gasteiger partial charge in [-0.25, -0.2) is 0 Å². The minimum absolute atomic E-state index is 0.0459. The predicted molar refractivity (Wildman–Crippen MR) is 133 cm³/mol. The summed E-state index contributed by atoms with van der Waals surface area (Å²) in [5.41, 5.74) is 2.79. The summed E-state index contributed by atoms with van der Waals surface area (Å²) in [4.78, 5) is 32.0. The van der Waals surface area contributed by atoms with E-state index in [1.165, 1.54) is 6.07 Å². The molecule has 1 aromatic heterocycles. The maximum Gasteiger partial charge on any atom is 0.433 e. The minimum atomic E-state index is -4.51. The van der Waals surface area contributed by atoms with Gasteiger partial charge >= 0.3 is 12.1 Å². The number of rotatable bonds is 9. The highest BCUT2D eigenvalue weighted by atomic mass is 19.4. The van der Waals surface area contributed by atoms with Gasteiger partial charge in [-0.3, -0.25) is 19.6 Å². The molecular formula is C28H26F3N3O3. The fourth-order valence-electron chi connectivity index (χ4n) is 4.29.